The van der Waals surface area contributed by atoms with E-state index in [0.717, 1.165) is 12.7 Å². The molecule has 0 rings (SSSR count). The lowest BCUT2D eigenvalue weighted by molar-refractivity contribution is 1.15. The molecule has 0 bridgehead atoms. The maximum atomic E-state index is 5.01. The Balaban J connectivity index is 0. The van der Waals surface area contributed by atoms with Crippen molar-refractivity contribution in [1.82, 2.24) is 0 Å². The predicted octanol–water partition coefficient (Wildman–Crippen LogP) is -0.122. The van der Waals surface area contributed by atoms with Crippen molar-refractivity contribution < 1.29 is 0 Å². The fourth-order valence-electron chi connectivity index (χ4n) is 0. The molecule has 0 heterocycles. The molecule has 5 heavy (non-hydrogen) atoms. The van der Waals surface area contributed by atoms with Crippen LogP contribution < -0.4 is 5.73 Å². The van der Waals surface area contributed by atoms with Gasteiger partial charge < -0.3 is 5.73 Å². The van der Waals surface area contributed by atoms with Crippen molar-refractivity contribution in [2.75, 3.05) is 12.7 Å². The summed E-state index contributed by atoms with van der Waals surface area (Å²) in [4.78, 5) is 0. The summed E-state index contributed by atoms with van der Waals surface area (Å²) in [6.07, 6.45) is 1.01. The van der Waals surface area contributed by atoms with Crippen LogP contribution in [0.1, 0.15) is 0 Å². The third kappa shape index (κ3) is 11.6. The molecule has 0 radical (unpaired) electrons. The van der Waals surface area contributed by atoms with E-state index in [1.165, 1.54) is 0 Å². The van der Waals surface area contributed by atoms with Gasteiger partial charge in [-0.05, 0) is 12.7 Å². The Morgan fingerprint density at radius 3 is 1.80 bits per heavy atom. The van der Waals surface area contributed by atoms with Crippen molar-refractivity contribution in [1.29, 1.82) is 0 Å². The lowest BCUT2D eigenvalue weighted by Crippen LogP contribution is -1.97. The summed E-state index contributed by atoms with van der Waals surface area (Å²) in [5, 5.41) is 0. The van der Waals surface area contributed by atoms with E-state index in [2.05, 4.69) is 9.24 Å². The summed E-state index contributed by atoms with van der Waals surface area (Å²) >= 11 is 0. The molecule has 0 saturated heterocycles. The first-order valence-electron chi connectivity index (χ1n) is 1.32. The highest BCUT2D eigenvalue weighted by Crippen LogP contribution is 1.68. The van der Waals surface area contributed by atoms with E-state index >= 15 is 0 Å². The molecule has 0 saturated carbocycles. The third-order valence-corrected chi connectivity index (χ3v) is 0.500. The van der Waals surface area contributed by atoms with Crippen molar-refractivity contribution in [3.63, 3.8) is 0 Å². The molecule has 34 valence electrons. The van der Waals surface area contributed by atoms with Gasteiger partial charge in [-0.25, -0.2) is 0 Å². The van der Waals surface area contributed by atoms with Gasteiger partial charge in [0.2, 0.25) is 0 Å². The van der Waals surface area contributed by atoms with Gasteiger partial charge in [0.25, 0.3) is 0 Å². The van der Waals surface area contributed by atoms with E-state index in [-0.39, 0.29) is 9.90 Å². The molecule has 0 aliphatic rings. The first-order chi connectivity index (χ1) is 1.91. The molecule has 0 fully saturated rings. The Bertz CT molecular complexity index is 9.61. The number of rotatable bonds is 1. The largest absolute Gasteiger partial charge is 0.330 e. The van der Waals surface area contributed by atoms with Crippen molar-refractivity contribution in [3.05, 3.63) is 0 Å². The van der Waals surface area contributed by atoms with Gasteiger partial charge in [-0.3, -0.25) is 0 Å². The maximum Gasteiger partial charge on any atom is -0.00426 e. The summed E-state index contributed by atoms with van der Waals surface area (Å²) in [5.74, 6) is 0. The molecule has 0 aromatic rings. The van der Waals surface area contributed by atoms with Crippen LogP contribution in [0.5, 0.6) is 0 Å². The molecule has 0 aromatic carbocycles. The molecule has 2 N–H and O–H groups in total. The van der Waals surface area contributed by atoms with E-state index in [9.17, 15) is 0 Å². The van der Waals surface area contributed by atoms with Crippen LogP contribution in [0.25, 0.3) is 0 Å². The molecular weight excluding hydrogens is 100.0 g/mol. The summed E-state index contributed by atoms with van der Waals surface area (Å²) in [6.45, 7) is 0.782. The fraction of sp³-hybridized carbons (Fsp3) is 1.00. The van der Waals surface area contributed by atoms with Crippen LogP contribution >= 0.6 is 19.1 Å². The van der Waals surface area contributed by atoms with Crippen LogP contribution in [0.2, 0.25) is 0 Å². The van der Waals surface area contributed by atoms with Crippen molar-refractivity contribution in [3.8, 4) is 0 Å². The lowest BCUT2D eigenvalue weighted by Gasteiger charge is -1.70. The summed E-state index contributed by atoms with van der Waals surface area (Å²) in [7, 11) is 2.53. The summed E-state index contributed by atoms with van der Waals surface area (Å²) < 4.78 is 0. The molecule has 2 atom stereocenters. The zero-order valence-corrected chi connectivity index (χ0v) is 5.84. The standard InChI is InChI=1S/C2H8NP.H3P/c3-1-2-4;/h1-4H2;1H3. The average molecular weight is 111 g/mol. The molecule has 0 spiro atoms. The molecule has 1 nitrogen and oxygen atoms in total. The van der Waals surface area contributed by atoms with Crippen molar-refractivity contribution in [2.45, 2.75) is 0 Å². The maximum absolute atomic E-state index is 5.01. The number of hydrogen-bond donors (Lipinski definition) is 1. The Morgan fingerprint density at radius 2 is 1.80 bits per heavy atom. The molecular formula is C2H11NP2. The van der Waals surface area contributed by atoms with Crippen LogP contribution in [0.15, 0.2) is 0 Å². The highest BCUT2D eigenvalue weighted by molar-refractivity contribution is 7.16. The number of hydrogen-bond acceptors (Lipinski definition) is 1. The second-order valence-electron chi connectivity index (χ2n) is 0.577. The smallest absolute Gasteiger partial charge is 0.00426 e. The van der Waals surface area contributed by atoms with Crippen molar-refractivity contribution >= 4 is 19.1 Å². The Morgan fingerprint density at radius 1 is 1.60 bits per heavy atom. The minimum atomic E-state index is 0. The predicted molar refractivity (Wildman–Crippen MR) is 34.7 cm³/mol. The van der Waals surface area contributed by atoms with Gasteiger partial charge >= 0.3 is 0 Å². The van der Waals surface area contributed by atoms with E-state index in [1.54, 1.807) is 0 Å². The second kappa shape index (κ2) is 8.84. The van der Waals surface area contributed by atoms with E-state index < -0.39 is 0 Å². The normalized spacial score (nSPS) is 6.00. The molecule has 0 aliphatic carbocycles. The quantitative estimate of drug-likeness (QED) is 0.469. The first kappa shape index (κ1) is 9.27. The van der Waals surface area contributed by atoms with Gasteiger partial charge in [0.05, 0.1) is 0 Å². The Labute approximate surface area is 38.5 Å². The van der Waals surface area contributed by atoms with Crippen LogP contribution in [0.3, 0.4) is 0 Å². The Kier molecular flexibility index (Phi) is 16.4. The van der Waals surface area contributed by atoms with Crippen molar-refractivity contribution in [2.24, 2.45) is 5.73 Å². The average Bonchev–Trinajstić information content (AvgIpc) is 1.37. The summed E-state index contributed by atoms with van der Waals surface area (Å²) in [6, 6.07) is 0. The molecule has 2 unspecified atom stereocenters. The molecule has 0 amide bonds. The Hall–Kier alpha value is 0.820. The molecule has 3 heteroatoms. The topological polar surface area (TPSA) is 26.0 Å². The van der Waals surface area contributed by atoms with E-state index in [4.69, 9.17) is 5.73 Å². The minimum absolute atomic E-state index is 0. The zero-order valence-electron chi connectivity index (χ0n) is 3.28. The van der Waals surface area contributed by atoms with Gasteiger partial charge in [-0.1, -0.05) is 0 Å². The van der Waals surface area contributed by atoms with Gasteiger partial charge in [0, 0.05) is 0 Å². The third-order valence-electron chi connectivity index (χ3n) is 0.167. The summed E-state index contributed by atoms with van der Waals surface area (Å²) in [5.41, 5.74) is 5.01. The molecule has 0 aliphatic heterocycles. The van der Waals surface area contributed by atoms with Gasteiger partial charge in [-0.15, -0.1) is 9.24 Å². The van der Waals surface area contributed by atoms with E-state index in [1.807, 2.05) is 0 Å². The highest BCUT2D eigenvalue weighted by Gasteiger charge is 1.55. The first-order valence-corrected chi connectivity index (χ1v) is 2.13. The zero-order chi connectivity index (χ0) is 3.41. The highest BCUT2D eigenvalue weighted by atomic mass is 31.0. The van der Waals surface area contributed by atoms with Crippen LogP contribution in [0, 0.1) is 0 Å². The van der Waals surface area contributed by atoms with Crippen LogP contribution in [-0.2, 0) is 0 Å². The van der Waals surface area contributed by atoms with Gasteiger partial charge in [-0.2, -0.15) is 9.90 Å². The second-order valence-corrected chi connectivity index (χ2v) is 1.15. The van der Waals surface area contributed by atoms with Crippen LogP contribution in [-0.4, -0.2) is 12.7 Å². The number of nitrogens with two attached hydrogens (primary N) is 1. The van der Waals surface area contributed by atoms with Gasteiger partial charge in [0.1, 0.15) is 0 Å². The minimum Gasteiger partial charge on any atom is -0.330 e. The fourth-order valence-corrected chi connectivity index (χ4v) is 0. The molecule has 0 aromatic heterocycles. The monoisotopic (exact) mass is 111 g/mol. The van der Waals surface area contributed by atoms with Gasteiger partial charge in [0.15, 0.2) is 0 Å². The van der Waals surface area contributed by atoms with Crippen LogP contribution in [0.4, 0.5) is 0 Å². The SMILES string of the molecule is NCCP.P. The van der Waals surface area contributed by atoms with E-state index in [0.29, 0.717) is 0 Å². The lowest BCUT2D eigenvalue weighted by atomic mass is 10.8.